The first-order chi connectivity index (χ1) is 8.46. The average molecular weight is 261 g/mol. The second-order valence-corrected chi connectivity index (χ2v) is 3.59. The summed E-state index contributed by atoms with van der Waals surface area (Å²) in [4.78, 5) is 7.94. The van der Waals surface area contributed by atoms with Gasteiger partial charge in [0.15, 0.2) is 5.82 Å². The molecule has 0 aliphatic rings. The molecule has 2 aromatic rings. The van der Waals surface area contributed by atoms with Gasteiger partial charge in [-0.1, -0.05) is 5.16 Å². The van der Waals surface area contributed by atoms with Gasteiger partial charge in [-0.3, -0.25) is 0 Å². The quantitative estimate of drug-likeness (QED) is 0.893. The Hall–Kier alpha value is -1.90. The molecule has 2 rings (SSSR count). The first kappa shape index (κ1) is 12.6. The Bertz CT molecular complexity index is 518. The third kappa shape index (κ3) is 3.06. The van der Waals surface area contributed by atoms with Gasteiger partial charge in [-0.2, -0.15) is 18.2 Å². The van der Waals surface area contributed by atoms with Crippen molar-refractivity contribution in [3.05, 3.63) is 18.3 Å². The van der Waals surface area contributed by atoms with Gasteiger partial charge in [0.2, 0.25) is 11.7 Å². The molecular formula is C9H10F3N5O. The highest BCUT2D eigenvalue weighted by Crippen LogP contribution is 2.14. The van der Waals surface area contributed by atoms with E-state index in [1.165, 1.54) is 0 Å². The van der Waals surface area contributed by atoms with Crippen LogP contribution in [0.1, 0.15) is 5.89 Å². The topological polar surface area (TPSA) is 68.8 Å². The van der Waals surface area contributed by atoms with Crippen LogP contribution in [0.25, 0.3) is 11.6 Å². The predicted molar refractivity (Wildman–Crippen MR) is 54.3 cm³/mol. The van der Waals surface area contributed by atoms with Gasteiger partial charge in [0.1, 0.15) is 0 Å². The number of alkyl halides is 3. The monoisotopic (exact) mass is 261 g/mol. The van der Waals surface area contributed by atoms with Crippen molar-refractivity contribution in [3.63, 3.8) is 0 Å². The van der Waals surface area contributed by atoms with Crippen LogP contribution in [0.15, 0.2) is 16.9 Å². The molecule has 0 aliphatic heterocycles. The molecule has 9 heteroatoms. The minimum atomic E-state index is -4.26. The van der Waals surface area contributed by atoms with Crippen LogP contribution in [0.3, 0.4) is 0 Å². The zero-order valence-corrected chi connectivity index (χ0v) is 9.40. The first-order valence-electron chi connectivity index (χ1n) is 5.03. The summed E-state index contributed by atoms with van der Waals surface area (Å²) >= 11 is 0. The zero-order chi connectivity index (χ0) is 13.2. The van der Waals surface area contributed by atoms with Crippen LogP contribution >= 0.6 is 0 Å². The van der Waals surface area contributed by atoms with E-state index in [-0.39, 0.29) is 18.3 Å². The number of aryl methyl sites for hydroxylation is 1. The minimum Gasteiger partial charge on any atom is -0.337 e. The highest BCUT2D eigenvalue weighted by atomic mass is 19.4. The summed E-state index contributed by atoms with van der Waals surface area (Å²) in [5.74, 6) is 0.810. The number of nitrogens with one attached hydrogen (secondary N) is 1. The fourth-order valence-electron chi connectivity index (χ4n) is 1.31. The minimum absolute atomic E-state index is 0.0808. The average Bonchev–Trinajstić information content (AvgIpc) is 2.84. The standard InChI is InChI=1S/C9H10F3N5O/c1-17-3-2-14-8(17)7-15-6(18-16-7)4-13-5-9(10,11)12/h2-3,13H,4-5H2,1H3. The Kier molecular flexibility index (Phi) is 3.32. The molecule has 0 unspecified atom stereocenters. The maximum atomic E-state index is 11.9. The second-order valence-electron chi connectivity index (χ2n) is 3.59. The van der Waals surface area contributed by atoms with E-state index in [0.29, 0.717) is 5.82 Å². The summed E-state index contributed by atoms with van der Waals surface area (Å²) in [6, 6.07) is 0. The van der Waals surface area contributed by atoms with Crippen LogP contribution < -0.4 is 5.32 Å². The Balaban J connectivity index is 1.97. The normalized spacial score (nSPS) is 12.0. The van der Waals surface area contributed by atoms with Gasteiger partial charge in [-0.15, -0.1) is 0 Å². The number of nitrogens with zero attached hydrogens (tertiary/aromatic N) is 4. The lowest BCUT2D eigenvalue weighted by Crippen LogP contribution is -2.28. The number of halogens is 3. The Morgan fingerprint density at radius 3 is 2.83 bits per heavy atom. The van der Waals surface area contributed by atoms with Crippen LogP contribution in [0.4, 0.5) is 13.2 Å². The third-order valence-corrected chi connectivity index (χ3v) is 2.09. The van der Waals surface area contributed by atoms with Crippen molar-refractivity contribution in [2.24, 2.45) is 7.05 Å². The highest BCUT2D eigenvalue weighted by molar-refractivity contribution is 5.42. The molecule has 98 valence electrons. The smallest absolute Gasteiger partial charge is 0.337 e. The largest absolute Gasteiger partial charge is 0.401 e. The lowest BCUT2D eigenvalue weighted by Gasteiger charge is -2.05. The molecule has 2 aromatic heterocycles. The summed E-state index contributed by atoms with van der Waals surface area (Å²) in [6.45, 7) is -1.25. The van der Waals surface area contributed by atoms with E-state index in [1.54, 1.807) is 24.0 Å². The van der Waals surface area contributed by atoms with Crippen molar-refractivity contribution >= 4 is 0 Å². The van der Waals surface area contributed by atoms with E-state index in [4.69, 9.17) is 4.52 Å². The maximum absolute atomic E-state index is 11.9. The summed E-state index contributed by atoms with van der Waals surface area (Å²) in [7, 11) is 1.75. The lowest BCUT2D eigenvalue weighted by atomic mass is 10.5. The first-order valence-corrected chi connectivity index (χ1v) is 5.03. The lowest BCUT2D eigenvalue weighted by molar-refractivity contribution is -0.125. The van der Waals surface area contributed by atoms with Crippen LogP contribution in [-0.2, 0) is 13.6 Å². The zero-order valence-electron chi connectivity index (χ0n) is 9.40. The van der Waals surface area contributed by atoms with Gasteiger partial charge in [-0.25, -0.2) is 4.98 Å². The molecule has 0 spiro atoms. The highest BCUT2D eigenvalue weighted by Gasteiger charge is 2.26. The summed E-state index contributed by atoms with van der Waals surface area (Å²) in [5.41, 5.74) is 0. The molecule has 0 aliphatic carbocycles. The molecule has 0 amide bonds. The van der Waals surface area contributed by atoms with Crippen LogP contribution in [0, 0.1) is 0 Å². The number of aromatic nitrogens is 4. The molecule has 0 fully saturated rings. The molecule has 0 bridgehead atoms. The Morgan fingerprint density at radius 2 is 2.22 bits per heavy atom. The number of hydrogen-bond donors (Lipinski definition) is 1. The fraction of sp³-hybridized carbons (Fsp3) is 0.444. The fourth-order valence-corrected chi connectivity index (χ4v) is 1.31. The Labute approximate surface area is 99.8 Å². The van der Waals surface area contributed by atoms with E-state index >= 15 is 0 Å². The molecule has 2 heterocycles. The van der Waals surface area contributed by atoms with Crippen LogP contribution in [-0.4, -0.2) is 32.4 Å². The van der Waals surface area contributed by atoms with Gasteiger partial charge in [0.25, 0.3) is 0 Å². The van der Waals surface area contributed by atoms with Crippen LogP contribution in [0.5, 0.6) is 0 Å². The van der Waals surface area contributed by atoms with Crippen molar-refractivity contribution in [1.29, 1.82) is 0 Å². The van der Waals surface area contributed by atoms with Crippen molar-refractivity contribution in [2.45, 2.75) is 12.7 Å². The molecular weight excluding hydrogens is 251 g/mol. The Morgan fingerprint density at radius 1 is 1.44 bits per heavy atom. The number of imidazole rings is 1. The van der Waals surface area contributed by atoms with Gasteiger partial charge < -0.3 is 14.4 Å². The van der Waals surface area contributed by atoms with E-state index in [1.807, 2.05) is 0 Å². The van der Waals surface area contributed by atoms with E-state index in [0.717, 1.165) is 0 Å². The summed E-state index contributed by atoms with van der Waals surface area (Å²) in [6.07, 6.45) is -0.997. The van der Waals surface area contributed by atoms with Crippen molar-refractivity contribution in [2.75, 3.05) is 6.54 Å². The molecule has 1 N–H and O–H groups in total. The SMILES string of the molecule is Cn1ccnc1-c1noc(CNCC(F)(F)F)n1. The maximum Gasteiger partial charge on any atom is 0.401 e. The predicted octanol–water partition coefficient (Wildman–Crippen LogP) is 1.12. The van der Waals surface area contributed by atoms with Gasteiger partial charge in [-0.05, 0) is 0 Å². The molecule has 0 aromatic carbocycles. The van der Waals surface area contributed by atoms with Crippen LogP contribution in [0.2, 0.25) is 0 Å². The number of hydrogen-bond acceptors (Lipinski definition) is 5. The third-order valence-electron chi connectivity index (χ3n) is 2.09. The molecule has 0 radical (unpaired) electrons. The summed E-state index contributed by atoms with van der Waals surface area (Å²) < 4.78 is 42.2. The molecule has 0 saturated heterocycles. The van der Waals surface area contributed by atoms with Crippen molar-refractivity contribution in [3.8, 4) is 11.6 Å². The molecule has 0 atom stereocenters. The second kappa shape index (κ2) is 4.77. The van der Waals surface area contributed by atoms with Gasteiger partial charge in [0.05, 0.1) is 13.1 Å². The molecule has 18 heavy (non-hydrogen) atoms. The van der Waals surface area contributed by atoms with Crippen molar-refractivity contribution in [1.82, 2.24) is 25.0 Å². The van der Waals surface area contributed by atoms with Gasteiger partial charge in [0, 0.05) is 19.4 Å². The van der Waals surface area contributed by atoms with E-state index in [2.05, 4.69) is 20.4 Å². The summed E-state index contributed by atoms with van der Waals surface area (Å²) in [5, 5.41) is 5.81. The van der Waals surface area contributed by atoms with Crippen molar-refractivity contribution < 1.29 is 17.7 Å². The number of rotatable bonds is 4. The van der Waals surface area contributed by atoms with E-state index in [9.17, 15) is 13.2 Å². The van der Waals surface area contributed by atoms with Gasteiger partial charge >= 0.3 is 6.18 Å². The van der Waals surface area contributed by atoms with E-state index < -0.39 is 12.7 Å². The molecule has 6 nitrogen and oxygen atoms in total. The molecule has 0 saturated carbocycles.